The standard InChI is InChI=1S/C14H13F4N3S/c1-7-6-22-14(19-7)8-2-4-21(5-3-8)11-9(15)12(17)20-13(18)10(11)16/h6,8H,2-5H2,1H3. The van der Waals surface area contributed by atoms with E-state index in [1.54, 1.807) is 11.3 Å². The zero-order valence-corrected chi connectivity index (χ0v) is 12.6. The molecule has 3 rings (SSSR count). The van der Waals surface area contributed by atoms with Crippen molar-refractivity contribution < 1.29 is 17.6 Å². The second kappa shape index (κ2) is 5.83. The van der Waals surface area contributed by atoms with Gasteiger partial charge in [0.1, 0.15) is 5.69 Å². The van der Waals surface area contributed by atoms with Crippen LogP contribution in [0.25, 0.3) is 0 Å². The van der Waals surface area contributed by atoms with Crippen LogP contribution in [0, 0.1) is 30.5 Å². The van der Waals surface area contributed by atoms with Crippen molar-refractivity contribution in [1.29, 1.82) is 0 Å². The summed E-state index contributed by atoms with van der Waals surface area (Å²) in [6, 6.07) is 0. The van der Waals surface area contributed by atoms with E-state index in [9.17, 15) is 17.6 Å². The molecule has 8 heteroatoms. The summed E-state index contributed by atoms with van der Waals surface area (Å²) in [7, 11) is 0. The molecule has 0 radical (unpaired) electrons. The minimum absolute atomic E-state index is 0.206. The third-order valence-corrected chi connectivity index (χ3v) is 4.90. The zero-order chi connectivity index (χ0) is 15.9. The van der Waals surface area contributed by atoms with Crippen LogP contribution < -0.4 is 4.90 Å². The Morgan fingerprint density at radius 1 is 1.05 bits per heavy atom. The molecule has 1 aliphatic heterocycles. The van der Waals surface area contributed by atoms with Gasteiger partial charge in [-0.05, 0) is 19.8 Å². The van der Waals surface area contributed by atoms with Gasteiger partial charge in [-0.15, -0.1) is 11.3 Å². The summed E-state index contributed by atoms with van der Waals surface area (Å²) in [5.41, 5.74) is 0.275. The molecule has 1 fully saturated rings. The maximum absolute atomic E-state index is 13.8. The molecule has 22 heavy (non-hydrogen) atoms. The van der Waals surface area contributed by atoms with Gasteiger partial charge < -0.3 is 4.90 Å². The predicted octanol–water partition coefficient (Wildman–Crippen LogP) is 3.79. The Balaban J connectivity index is 1.80. The van der Waals surface area contributed by atoms with Gasteiger partial charge in [0.15, 0.2) is 0 Å². The summed E-state index contributed by atoms with van der Waals surface area (Å²) in [5, 5.41) is 2.94. The van der Waals surface area contributed by atoms with Crippen LogP contribution in [0.5, 0.6) is 0 Å². The maximum atomic E-state index is 13.8. The number of aryl methyl sites for hydroxylation is 1. The number of hydrogen-bond donors (Lipinski definition) is 0. The van der Waals surface area contributed by atoms with Crippen molar-refractivity contribution in [2.75, 3.05) is 18.0 Å². The fraction of sp³-hybridized carbons (Fsp3) is 0.429. The fourth-order valence-electron chi connectivity index (χ4n) is 2.66. The Bertz CT molecular complexity index is 669. The summed E-state index contributed by atoms with van der Waals surface area (Å²) in [6.45, 7) is 2.52. The summed E-state index contributed by atoms with van der Waals surface area (Å²) in [4.78, 5) is 8.32. The van der Waals surface area contributed by atoms with E-state index in [1.807, 2.05) is 12.3 Å². The average molecular weight is 331 g/mol. The van der Waals surface area contributed by atoms with Gasteiger partial charge in [0.05, 0.1) is 5.01 Å². The number of pyridine rings is 1. The topological polar surface area (TPSA) is 29.0 Å². The summed E-state index contributed by atoms with van der Waals surface area (Å²) in [6.07, 6.45) is 1.24. The first-order valence-corrected chi connectivity index (χ1v) is 7.72. The third kappa shape index (κ3) is 2.67. The first-order chi connectivity index (χ1) is 10.5. The number of aromatic nitrogens is 2. The highest BCUT2D eigenvalue weighted by atomic mass is 32.1. The molecule has 118 valence electrons. The highest BCUT2D eigenvalue weighted by molar-refractivity contribution is 7.09. The Labute approximate surface area is 128 Å². The molecule has 0 aromatic carbocycles. The molecule has 2 aromatic rings. The van der Waals surface area contributed by atoms with Crippen LogP contribution in [0.3, 0.4) is 0 Å². The SMILES string of the molecule is Cc1csc(C2CCN(c3c(F)c(F)nc(F)c3F)CC2)n1. The van der Waals surface area contributed by atoms with E-state index in [1.165, 1.54) is 4.90 Å². The van der Waals surface area contributed by atoms with E-state index in [0.29, 0.717) is 25.9 Å². The van der Waals surface area contributed by atoms with Crippen molar-refractivity contribution in [3.63, 3.8) is 0 Å². The number of halogens is 4. The minimum Gasteiger partial charge on any atom is -0.366 e. The van der Waals surface area contributed by atoms with Gasteiger partial charge in [-0.25, -0.2) is 4.98 Å². The molecule has 3 nitrogen and oxygen atoms in total. The van der Waals surface area contributed by atoms with Crippen LogP contribution in [0.15, 0.2) is 5.38 Å². The molecule has 0 amide bonds. The van der Waals surface area contributed by atoms with Crippen molar-refractivity contribution in [3.05, 3.63) is 39.6 Å². The van der Waals surface area contributed by atoms with Crippen LogP contribution in [-0.4, -0.2) is 23.1 Å². The minimum atomic E-state index is -1.62. The number of anilines is 1. The largest absolute Gasteiger partial charge is 0.366 e. The normalized spacial score (nSPS) is 16.3. The summed E-state index contributed by atoms with van der Waals surface area (Å²) >= 11 is 1.56. The molecule has 0 spiro atoms. The van der Waals surface area contributed by atoms with Crippen LogP contribution in [0.4, 0.5) is 23.2 Å². The second-order valence-corrected chi connectivity index (χ2v) is 6.15. The molecule has 3 heterocycles. The van der Waals surface area contributed by atoms with Crippen LogP contribution >= 0.6 is 11.3 Å². The molecule has 0 N–H and O–H groups in total. The molecule has 2 aromatic heterocycles. The number of piperidine rings is 1. The van der Waals surface area contributed by atoms with Gasteiger partial charge >= 0.3 is 0 Å². The maximum Gasteiger partial charge on any atom is 0.253 e. The lowest BCUT2D eigenvalue weighted by Gasteiger charge is -2.33. The Hall–Kier alpha value is -1.70. The molecule has 0 bridgehead atoms. The monoisotopic (exact) mass is 331 g/mol. The van der Waals surface area contributed by atoms with Crippen molar-refractivity contribution in [2.24, 2.45) is 0 Å². The highest BCUT2D eigenvalue weighted by Gasteiger charge is 2.29. The Morgan fingerprint density at radius 2 is 1.64 bits per heavy atom. The van der Waals surface area contributed by atoms with Crippen LogP contribution in [-0.2, 0) is 0 Å². The van der Waals surface area contributed by atoms with Crippen molar-refractivity contribution >= 4 is 17.0 Å². The summed E-state index contributed by atoms with van der Waals surface area (Å²) in [5.74, 6) is -5.92. The quantitative estimate of drug-likeness (QED) is 0.619. The van der Waals surface area contributed by atoms with Crippen molar-refractivity contribution in [2.45, 2.75) is 25.7 Å². The Kier molecular flexibility index (Phi) is 4.03. The van der Waals surface area contributed by atoms with E-state index < -0.39 is 29.2 Å². The molecule has 0 atom stereocenters. The van der Waals surface area contributed by atoms with E-state index in [-0.39, 0.29) is 5.92 Å². The molecule has 1 aliphatic rings. The predicted molar refractivity (Wildman–Crippen MR) is 75.1 cm³/mol. The van der Waals surface area contributed by atoms with Crippen molar-refractivity contribution in [3.8, 4) is 0 Å². The molecular weight excluding hydrogens is 318 g/mol. The Morgan fingerprint density at radius 3 is 2.14 bits per heavy atom. The molecule has 0 aliphatic carbocycles. The summed E-state index contributed by atoms with van der Waals surface area (Å²) < 4.78 is 53.9. The lowest BCUT2D eigenvalue weighted by Crippen LogP contribution is -2.34. The number of thiazole rings is 1. The molecule has 0 unspecified atom stereocenters. The molecule has 0 saturated carbocycles. The van der Waals surface area contributed by atoms with E-state index in [2.05, 4.69) is 9.97 Å². The van der Waals surface area contributed by atoms with Gasteiger partial charge in [-0.1, -0.05) is 0 Å². The first kappa shape index (κ1) is 15.2. The number of rotatable bonds is 2. The van der Waals surface area contributed by atoms with Gasteiger partial charge in [0, 0.05) is 30.1 Å². The average Bonchev–Trinajstić information content (AvgIpc) is 2.93. The van der Waals surface area contributed by atoms with E-state index in [4.69, 9.17) is 0 Å². The van der Waals surface area contributed by atoms with Gasteiger partial charge in [-0.2, -0.15) is 22.5 Å². The lowest BCUT2D eigenvalue weighted by atomic mass is 9.97. The number of hydrogen-bond acceptors (Lipinski definition) is 4. The highest BCUT2D eigenvalue weighted by Crippen LogP contribution is 2.34. The van der Waals surface area contributed by atoms with E-state index >= 15 is 0 Å². The van der Waals surface area contributed by atoms with Gasteiger partial charge in [0.25, 0.3) is 11.9 Å². The zero-order valence-electron chi connectivity index (χ0n) is 11.7. The van der Waals surface area contributed by atoms with Gasteiger partial charge in [0.2, 0.25) is 11.6 Å². The molecular formula is C14H13F4N3S. The third-order valence-electron chi connectivity index (χ3n) is 3.77. The van der Waals surface area contributed by atoms with Crippen LogP contribution in [0.1, 0.15) is 29.5 Å². The number of nitrogens with zero attached hydrogens (tertiary/aromatic N) is 3. The lowest BCUT2D eigenvalue weighted by molar-refractivity contribution is 0.399. The van der Waals surface area contributed by atoms with E-state index in [0.717, 1.165) is 10.7 Å². The van der Waals surface area contributed by atoms with Crippen LogP contribution in [0.2, 0.25) is 0 Å². The van der Waals surface area contributed by atoms with Crippen molar-refractivity contribution in [1.82, 2.24) is 9.97 Å². The first-order valence-electron chi connectivity index (χ1n) is 6.84. The molecule has 1 saturated heterocycles. The van der Waals surface area contributed by atoms with Gasteiger partial charge in [-0.3, -0.25) is 0 Å². The smallest absolute Gasteiger partial charge is 0.253 e. The second-order valence-electron chi connectivity index (χ2n) is 5.26. The fourth-order valence-corrected chi connectivity index (χ4v) is 3.63.